The van der Waals surface area contributed by atoms with Crippen molar-refractivity contribution in [2.24, 2.45) is 4.99 Å². The van der Waals surface area contributed by atoms with E-state index in [1.165, 1.54) is 28.2 Å². The van der Waals surface area contributed by atoms with Crippen LogP contribution in [-0.4, -0.2) is 6.21 Å². The van der Waals surface area contributed by atoms with Gasteiger partial charge in [-0.05, 0) is 72.5 Å². The molecule has 0 N–H and O–H groups in total. The lowest BCUT2D eigenvalue weighted by Crippen LogP contribution is -1.83. The Labute approximate surface area is 165 Å². The smallest absolute Gasteiger partial charge is 0.0630 e. The van der Waals surface area contributed by atoms with Gasteiger partial charge < -0.3 is 0 Å². The Hall–Kier alpha value is -2.03. The maximum Gasteiger partial charge on any atom is 0.0630 e. The third kappa shape index (κ3) is 5.76. The number of hydrogen-bond donors (Lipinski definition) is 0. The van der Waals surface area contributed by atoms with E-state index in [0.717, 1.165) is 22.7 Å². The van der Waals surface area contributed by atoms with Crippen LogP contribution in [0.1, 0.15) is 30.9 Å². The molecule has 0 amide bonds. The highest BCUT2D eigenvalue weighted by molar-refractivity contribution is 7.99. The van der Waals surface area contributed by atoms with E-state index < -0.39 is 0 Å². The number of hydrogen-bond acceptors (Lipinski definition) is 2. The minimum absolute atomic E-state index is 0.763. The fourth-order valence-electron chi connectivity index (χ4n) is 2.54. The Morgan fingerprint density at radius 2 is 1.46 bits per heavy atom. The molecule has 0 unspecified atom stereocenters. The summed E-state index contributed by atoms with van der Waals surface area (Å²) in [4.78, 5) is 6.95. The van der Waals surface area contributed by atoms with Crippen molar-refractivity contribution in [3.63, 3.8) is 0 Å². The molecule has 0 aliphatic rings. The highest BCUT2D eigenvalue weighted by atomic mass is 35.5. The first kappa shape index (κ1) is 18.8. The van der Waals surface area contributed by atoms with Crippen LogP contribution in [0.2, 0.25) is 5.02 Å². The molecule has 0 aliphatic carbocycles. The van der Waals surface area contributed by atoms with E-state index in [1.807, 2.05) is 30.5 Å². The van der Waals surface area contributed by atoms with Crippen LogP contribution in [0, 0.1) is 0 Å². The van der Waals surface area contributed by atoms with Crippen molar-refractivity contribution in [1.82, 2.24) is 0 Å². The summed E-state index contributed by atoms with van der Waals surface area (Å²) in [7, 11) is 0. The highest BCUT2D eigenvalue weighted by Gasteiger charge is 1.98. The van der Waals surface area contributed by atoms with Crippen molar-refractivity contribution in [2.45, 2.75) is 36.0 Å². The van der Waals surface area contributed by atoms with Gasteiger partial charge in [-0.15, -0.1) is 0 Å². The lowest BCUT2D eigenvalue weighted by molar-refractivity contribution is 0.795. The fourth-order valence-corrected chi connectivity index (χ4v) is 3.48. The summed E-state index contributed by atoms with van der Waals surface area (Å²) in [6.45, 7) is 2.22. The van der Waals surface area contributed by atoms with Crippen LogP contribution >= 0.6 is 23.4 Å². The lowest BCUT2D eigenvalue weighted by Gasteiger charge is -2.03. The van der Waals surface area contributed by atoms with E-state index in [1.54, 1.807) is 11.8 Å². The monoisotopic (exact) mass is 379 g/mol. The van der Waals surface area contributed by atoms with Crippen molar-refractivity contribution in [1.29, 1.82) is 0 Å². The van der Waals surface area contributed by atoms with Gasteiger partial charge in [-0.3, -0.25) is 4.99 Å². The zero-order valence-electron chi connectivity index (χ0n) is 14.9. The number of halogens is 1. The first-order valence-electron chi connectivity index (χ1n) is 8.89. The normalized spacial score (nSPS) is 11.2. The topological polar surface area (TPSA) is 12.4 Å². The third-order valence-electron chi connectivity index (χ3n) is 4.05. The second-order valence-corrected chi connectivity index (χ2v) is 7.74. The Morgan fingerprint density at radius 3 is 2.08 bits per heavy atom. The molecule has 0 saturated carbocycles. The van der Waals surface area contributed by atoms with Gasteiger partial charge in [-0.2, -0.15) is 0 Å². The van der Waals surface area contributed by atoms with Crippen LogP contribution in [0.4, 0.5) is 5.69 Å². The summed E-state index contributed by atoms with van der Waals surface area (Å²) in [6, 6.07) is 24.9. The zero-order valence-corrected chi connectivity index (χ0v) is 16.4. The van der Waals surface area contributed by atoms with Gasteiger partial charge in [0.15, 0.2) is 0 Å². The summed E-state index contributed by atoms with van der Waals surface area (Å²) in [5.41, 5.74) is 3.47. The van der Waals surface area contributed by atoms with Crippen LogP contribution in [0.25, 0.3) is 0 Å². The molecule has 26 heavy (non-hydrogen) atoms. The van der Waals surface area contributed by atoms with Crippen LogP contribution in [0.15, 0.2) is 87.6 Å². The van der Waals surface area contributed by atoms with Gasteiger partial charge in [0, 0.05) is 21.0 Å². The molecular formula is C23H22ClNS. The molecule has 0 bridgehead atoms. The van der Waals surface area contributed by atoms with Gasteiger partial charge in [-0.25, -0.2) is 0 Å². The van der Waals surface area contributed by atoms with E-state index >= 15 is 0 Å². The highest BCUT2D eigenvalue weighted by Crippen LogP contribution is 2.28. The van der Waals surface area contributed by atoms with Gasteiger partial charge in [-0.1, -0.05) is 61.0 Å². The first-order chi connectivity index (χ1) is 12.7. The van der Waals surface area contributed by atoms with E-state index in [-0.39, 0.29) is 0 Å². The van der Waals surface area contributed by atoms with Crippen molar-refractivity contribution in [3.8, 4) is 0 Å². The maximum absolute atomic E-state index is 5.93. The summed E-state index contributed by atoms with van der Waals surface area (Å²) >= 11 is 7.65. The average molecular weight is 380 g/mol. The zero-order chi connectivity index (χ0) is 18.2. The lowest BCUT2D eigenvalue weighted by atomic mass is 10.1. The minimum atomic E-state index is 0.763. The Balaban J connectivity index is 1.59. The molecule has 0 spiro atoms. The predicted molar refractivity (Wildman–Crippen MR) is 114 cm³/mol. The van der Waals surface area contributed by atoms with Crippen LogP contribution < -0.4 is 0 Å². The van der Waals surface area contributed by atoms with Gasteiger partial charge in [0.2, 0.25) is 0 Å². The maximum atomic E-state index is 5.93. The molecule has 132 valence electrons. The second kappa shape index (κ2) is 9.61. The largest absolute Gasteiger partial charge is 0.256 e. The molecule has 0 saturated heterocycles. The molecule has 3 rings (SSSR count). The van der Waals surface area contributed by atoms with Gasteiger partial charge >= 0.3 is 0 Å². The number of rotatable bonds is 7. The average Bonchev–Trinajstić information content (AvgIpc) is 2.68. The molecule has 0 aromatic heterocycles. The number of unbranched alkanes of at least 4 members (excludes halogenated alkanes) is 1. The first-order valence-corrected chi connectivity index (χ1v) is 10.1. The van der Waals surface area contributed by atoms with Crippen molar-refractivity contribution in [3.05, 3.63) is 88.9 Å². The van der Waals surface area contributed by atoms with E-state index in [9.17, 15) is 0 Å². The summed E-state index contributed by atoms with van der Waals surface area (Å²) < 4.78 is 0. The van der Waals surface area contributed by atoms with E-state index in [2.05, 4.69) is 60.4 Å². The number of nitrogens with zero attached hydrogens (tertiary/aromatic N) is 1. The molecule has 0 radical (unpaired) electrons. The van der Waals surface area contributed by atoms with E-state index in [4.69, 9.17) is 11.6 Å². The van der Waals surface area contributed by atoms with Crippen LogP contribution in [0.3, 0.4) is 0 Å². The van der Waals surface area contributed by atoms with Gasteiger partial charge in [0.05, 0.1) is 5.69 Å². The van der Waals surface area contributed by atoms with Crippen molar-refractivity contribution < 1.29 is 0 Å². The minimum Gasteiger partial charge on any atom is -0.256 e. The SMILES string of the molecule is CCCCc1ccc(N=Cc2ccc(Sc3ccc(Cl)cc3)cc2)cc1. The summed E-state index contributed by atoms with van der Waals surface area (Å²) in [6.07, 6.45) is 5.53. The predicted octanol–water partition coefficient (Wildman–Crippen LogP) is 7.58. The van der Waals surface area contributed by atoms with E-state index in [0.29, 0.717) is 0 Å². The molecule has 1 nitrogen and oxygen atoms in total. The quantitative estimate of drug-likeness (QED) is 0.385. The molecule has 0 aliphatic heterocycles. The Bertz CT molecular complexity index is 837. The van der Waals surface area contributed by atoms with Crippen LogP contribution in [0.5, 0.6) is 0 Å². The standard InChI is InChI=1S/C23H22ClNS/c1-2-3-4-18-5-11-21(12-6-18)25-17-19-7-13-22(14-8-19)26-23-15-9-20(24)10-16-23/h5-17H,2-4H2,1H3. The Kier molecular flexibility index (Phi) is 6.93. The van der Waals surface area contributed by atoms with Crippen LogP contribution in [-0.2, 0) is 6.42 Å². The van der Waals surface area contributed by atoms with Crippen molar-refractivity contribution >= 4 is 35.3 Å². The molecule has 3 aromatic carbocycles. The molecule has 0 atom stereocenters. The molecule has 3 aromatic rings. The summed E-state index contributed by atoms with van der Waals surface area (Å²) in [5, 5.41) is 0.763. The fraction of sp³-hybridized carbons (Fsp3) is 0.174. The van der Waals surface area contributed by atoms with Crippen molar-refractivity contribution in [2.75, 3.05) is 0 Å². The Morgan fingerprint density at radius 1 is 0.846 bits per heavy atom. The number of benzene rings is 3. The number of aliphatic imine (C=N–C) groups is 1. The molecule has 3 heteroatoms. The number of aryl methyl sites for hydroxylation is 1. The third-order valence-corrected chi connectivity index (χ3v) is 5.32. The molecule has 0 heterocycles. The summed E-state index contributed by atoms with van der Waals surface area (Å²) in [5.74, 6) is 0. The van der Waals surface area contributed by atoms with Gasteiger partial charge in [0.25, 0.3) is 0 Å². The molecular weight excluding hydrogens is 358 g/mol. The van der Waals surface area contributed by atoms with Gasteiger partial charge in [0.1, 0.15) is 0 Å². The second-order valence-electron chi connectivity index (χ2n) is 6.15. The molecule has 0 fully saturated rings.